The van der Waals surface area contributed by atoms with Gasteiger partial charge in [-0.1, -0.05) is 18.2 Å². The average Bonchev–Trinajstić information content (AvgIpc) is 2.68. The summed E-state index contributed by atoms with van der Waals surface area (Å²) in [5.41, 5.74) is 0.236. The molecule has 0 amide bonds. The number of alkyl halides is 3. The van der Waals surface area contributed by atoms with Gasteiger partial charge in [0.15, 0.2) is 5.69 Å². The lowest BCUT2D eigenvalue weighted by Gasteiger charge is -2.13. The molecule has 2 N–H and O–H groups in total. The maximum Gasteiger partial charge on any atom is 0.416 e. The number of para-hydroxylation sites is 1. The van der Waals surface area contributed by atoms with Crippen LogP contribution in [0, 0.1) is 5.41 Å². The summed E-state index contributed by atoms with van der Waals surface area (Å²) in [7, 11) is 0. The maximum absolute atomic E-state index is 12.7. The third kappa shape index (κ3) is 4.35. The molecule has 28 heavy (non-hydrogen) atoms. The van der Waals surface area contributed by atoms with Crippen LogP contribution in [0.25, 0.3) is 11.4 Å². The number of nitrogens with zero attached hydrogens (tertiary/aromatic N) is 2. The maximum atomic E-state index is 12.7. The number of halogens is 3. The molecule has 3 aromatic rings. The van der Waals surface area contributed by atoms with E-state index in [2.05, 4.69) is 10.4 Å². The van der Waals surface area contributed by atoms with Crippen LogP contribution in [-0.4, -0.2) is 16.0 Å². The van der Waals surface area contributed by atoms with Crippen LogP contribution in [0.15, 0.2) is 77.7 Å². The van der Waals surface area contributed by atoms with Gasteiger partial charge >= 0.3 is 6.18 Å². The number of hydrogen-bond acceptors (Lipinski definition) is 4. The van der Waals surface area contributed by atoms with E-state index in [0.717, 1.165) is 18.3 Å². The summed E-state index contributed by atoms with van der Waals surface area (Å²) < 4.78 is 39.5. The van der Waals surface area contributed by atoms with E-state index in [4.69, 9.17) is 5.41 Å². The van der Waals surface area contributed by atoms with Crippen molar-refractivity contribution in [2.24, 2.45) is 0 Å². The third-order valence-electron chi connectivity index (χ3n) is 3.83. The fraction of sp³-hybridized carbons (Fsp3) is 0.0500. The lowest BCUT2D eigenvalue weighted by Crippen LogP contribution is -2.18. The number of allylic oxidation sites excluding steroid dienone is 1. The number of hydrogen-bond donors (Lipinski definition) is 2. The summed E-state index contributed by atoms with van der Waals surface area (Å²) in [6.45, 7) is 0. The monoisotopic (exact) mass is 384 g/mol. The van der Waals surface area contributed by atoms with Gasteiger partial charge in [-0.15, -0.1) is 0 Å². The standard InChI is InChI=1S/C20H15F3N4O/c21-20(22,23)14-6-8-16(9-7-14)27-13-11-18(28)19(26-27)17(10-12-24)25-15-4-2-1-3-5-15/h1-13,24-25H/b17-10-,24-12?. The van der Waals surface area contributed by atoms with Gasteiger partial charge < -0.3 is 10.7 Å². The zero-order valence-electron chi connectivity index (χ0n) is 14.4. The van der Waals surface area contributed by atoms with Crippen LogP contribution in [0.4, 0.5) is 18.9 Å². The van der Waals surface area contributed by atoms with E-state index in [1.165, 1.54) is 35.2 Å². The summed E-state index contributed by atoms with van der Waals surface area (Å²) in [5.74, 6) is 0. The molecule has 0 saturated heterocycles. The van der Waals surface area contributed by atoms with Gasteiger partial charge in [0.05, 0.1) is 16.9 Å². The van der Waals surface area contributed by atoms with Crippen molar-refractivity contribution in [3.63, 3.8) is 0 Å². The van der Waals surface area contributed by atoms with Crippen molar-refractivity contribution in [3.05, 3.63) is 94.4 Å². The highest BCUT2D eigenvalue weighted by molar-refractivity contribution is 5.86. The molecule has 0 aliphatic rings. The highest BCUT2D eigenvalue weighted by Gasteiger charge is 2.30. The van der Waals surface area contributed by atoms with E-state index in [1.54, 1.807) is 12.1 Å². The Balaban J connectivity index is 1.99. The van der Waals surface area contributed by atoms with Crippen LogP contribution in [0.2, 0.25) is 0 Å². The quantitative estimate of drug-likeness (QED) is 0.643. The molecule has 0 saturated carbocycles. The van der Waals surface area contributed by atoms with Crippen LogP contribution in [0.5, 0.6) is 0 Å². The van der Waals surface area contributed by atoms with Crippen molar-refractivity contribution >= 4 is 17.6 Å². The van der Waals surface area contributed by atoms with Crippen LogP contribution < -0.4 is 10.7 Å². The van der Waals surface area contributed by atoms with Gasteiger partial charge in [-0.3, -0.25) is 4.79 Å². The molecule has 0 aliphatic carbocycles. The highest BCUT2D eigenvalue weighted by atomic mass is 19.4. The normalized spacial score (nSPS) is 11.9. The van der Waals surface area contributed by atoms with E-state index in [-0.39, 0.29) is 11.1 Å². The summed E-state index contributed by atoms with van der Waals surface area (Å²) >= 11 is 0. The first kappa shape index (κ1) is 19.1. The van der Waals surface area contributed by atoms with E-state index in [9.17, 15) is 18.0 Å². The molecule has 3 rings (SSSR count). The van der Waals surface area contributed by atoms with Gasteiger partial charge in [-0.25, -0.2) is 4.68 Å². The molecule has 8 heteroatoms. The molecule has 0 spiro atoms. The summed E-state index contributed by atoms with van der Waals surface area (Å²) in [6, 6.07) is 14.7. The fourth-order valence-corrected chi connectivity index (χ4v) is 2.48. The van der Waals surface area contributed by atoms with Crippen molar-refractivity contribution in [2.75, 3.05) is 5.32 Å². The molecule has 2 aromatic carbocycles. The Morgan fingerprint density at radius 3 is 2.32 bits per heavy atom. The van der Waals surface area contributed by atoms with Crippen LogP contribution in [0.1, 0.15) is 11.3 Å². The summed E-state index contributed by atoms with van der Waals surface area (Å²) in [5, 5.41) is 14.6. The first-order valence-corrected chi connectivity index (χ1v) is 8.19. The van der Waals surface area contributed by atoms with Crippen LogP contribution in [-0.2, 0) is 6.18 Å². The molecule has 1 aromatic heterocycles. The molecule has 1 heterocycles. The summed E-state index contributed by atoms with van der Waals surface area (Å²) in [6.07, 6.45) is -0.658. The highest BCUT2D eigenvalue weighted by Crippen LogP contribution is 2.29. The first-order chi connectivity index (χ1) is 13.4. The first-order valence-electron chi connectivity index (χ1n) is 8.19. The van der Waals surface area contributed by atoms with Gasteiger partial charge in [-0.2, -0.15) is 18.3 Å². The third-order valence-corrected chi connectivity index (χ3v) is 3.83. The van der Waals surface area contributed by atoms with Gasteiger partial charge in [0.25, 0.3) is 0 Å². The Morgan fingerprint density at radius 2 is 1.71 bits per heavy atom. The lowest BCUT2D eigenvalue weighted by atomic mass is 10.2. The van der Waals surface area contributed by atoms with Gasteiger partial charge in [0, 0.05) is 24.2 Å². The van der Waals surface area contributed by atoms with Gasteiger partial charge in [0.2, 0.25) is 5.43 Å². The minimum absolute atomic E-state index is 0.0368. The zero-order chi connectivity index (χ0) is 20.1. The molecule has 0 radical (unpaired) electrons. The van der Waals surface area contributed by atoms with E-state index < -0.39 is 11.7 Å². The van der Waals surface area contributed by atoms with E-state index in [1.807, 2.05) is 18.2 Å². The van der Waals surface area contributed by atoms with Gasteiger partial charge in [-0.05, 0) is 42.5 Å². The minimum Gasteiger partial charge on any atom is -0.354 e. The Bertz CT molecular complexity index is 1060. The van der Waals surface area contributed by atoms with Crippen molar-refractivity contribution in [1.82, 2.24) is 9.78 Å². The Hall–Kier alpha value is -3.68. The predicted molar refractivity (Wildman–Crippen MR) is 102 cm³/mol. The number of anilines is 1. The SMILES string of the molecule is N=C/C=C(\Nc1ccccc1)c1nn(-c2ccc(C(F)(F)F)cc2)ccc1=O. The molecular formula is C20H15F3N4O. The molecule has 0 bridgehead atoms. The largest absolute Gasteiger partial charge is 0.416 e. The van der Waals surface area contributed by atoms with Gasteiger partial charge in [0.1, 0.15) is 0 Å². The Kier molecular flexibility index (Phi) is 5.39. The van der Waals surface area contributed by atoms with Crippen LogP contribution >= 0.6 is 0 Å². The second-order valence-electron chi connectivity index (χ2n) is 5.76. The number of rotatable bonds is 5. The van der Waals surface area contributed by atoms with Crippen LogP contribution in [0.3, 0.4) is 0 Å². The molecule has 0 fully saturated rings. The zero-order valence-corrected chi connectivity index (χ0v) is 14.4. The predicted octanol–water partition coefficient (Wildman–Crippen LogP) is 4.35. The topological polar surface area (TPSA) is 70.8 Å². The summed E-state index contributed by atoms with van der Waals surface area (Å²) in [4.78, 5) is 12.3. The lowest BCUT2D eigenvalue weighted by molar-refractivity contribution is -0.137. The molecule has 0 atom stereocenters. The second-order valence-corrected chi connectivity index (χ2v) is 5.76. The van der Waals surface area contributed by atoms with E-state index in [0.29, 0.717) is 17.1 Å². The molecule has 142 valence electrons. The molecule has 0 unspecified atom stereocenters. The van der Waals surface area contributed by atoms with Crippen molar-refractivity contribution in [2.45, 2.75) is 6.18 Å². The average molecular weight is 384 g/mol. The number of nitrogens with one attached hydrogen (secondary N) is 2. The molecule has 5 nitrogen and oxygen atoms in total. The van der Waals surface area contributed by atoms with Crippen molar-refractivity contribution in [1.29, 1.82) is 5.41 Å². The fourth-order valence-electron chi connectivity index (χ4n) is 2.48. The van der Waals surface area contributed by atoms with Crippen molar-refractivity contribution in [3.8, 4) is 5.69 Å². The van der Waals surface area contributed by atoms with E-state index >= 15 is 0 Å². The Labute approximate surface area is 158 Å². The number of aromatic nitrogens is 2. The smallest absolute Gasteiger partial charge is 0.354 e. The van der Waals surface area contributed by atoms with Crippen molar-refractivity contribution < 1.29 is 13.2 Å². The second kappa shape index (κ2) is 7.91. The molecule has 0 aliphatic heterocycles. The Morgan fingerprint density at radius 1 is 1.04 bits per heavy atom. The molecular weight excluding hydrogens is 369 g/mol. The minimum atomic E-state index is -4.43. The number of benzene rings is 2.